The molecular weight excluding hydrogens is 278 g/mol. The van der Waals surface area contributed by atoms with Crippen molar-refractivity contribution in [3.63, 3.8) is 0 Å². The number of hydrogen-bond donors (Lipinski definition) is 3. The summed E-state index contributed by atoms with van der Waals surface area (Å²) in [7, 11) is -1.64. The van der Waals surface area contributed by atoms with Gasteiger partial charge >= 0.3 is 0 Å². The van der Waals surface area contributed by atoms with E-state index in [9.17, 15) is 8.42 Å². The molecule has 20 heavy (non-hydrogen) atoms. The van der Waals surface area contributed by atoms with Gasteiger partial charge in [-0.25, -0.2) is 18.1 Å². The quantitative estimate of drug-likeness (QED) is 0.534. The topological polar surface area (TPSA) is 100 Å². The standard InChI is InChI=1S/C12H21N5O2S/c1-9-8-17(2)7-5-10(9)16-20(18,19)12-11(15-13)4-3-6-14-12/h3-4,6,9-10,15-16H,5,7-8,13H2,1-2H3. The third-order valence-electron chi connectivity index (χ3n) is 3.60. The fourth-order valence-electron chi connectivity index (χ4n) is 2.50. The number of aromatic nitrogens is 1. The summed E-state index contributed by atoms with van der Waals surface area (Å²) in [4.78, 5) is 6.12. The lowest BCUT2D eigenvalue weighted by molar-refractivity contribution is 0.188. The van der Waals surface area contributed by atoms with Crippen molar-refractivity contribution in [1.82, 2.24) is 14.6 Å². The van der Waals surface area contributed by atoms with Gasteiger partial charge in [-0.1, -0.05) is 6.92 Å². The molecule has 4 N–H and O–H groups in total. The fraction of sp³-hybridized carbons (Fsp3) is 0.583. The second-order valence-electron chi connectivity index (χ2n) is 5.26. The molecule has 1 aromatic heterocycles. The number of pyridine rings is 1. The normalized spacial score (nSPS) is 24.6. The molecule has 0 bridgehead atoms. The Kier molecular flexibility index (Phi) is 4.59. The van der Waals surface area contributed by atoms with Crippen molar-refractivity contribution in [2.24, 2.45) is 11.8 Å². The number of nitrogens with zero attached hydrogens (tertiary/aromatic N) is 2. The number of hydrazine groups is 1. The lowest BCUT2D eigenvalue weighted by Gasteiger charge is -2.34. The van der Waals surface area contributed by atoms with Crippen LogP contribution in [0.2, 0.25) is 0 Å². The maximum atomic E-state index is 12.4. The Labute approximate surface area is 119 Å². The summed E-state index contributed by atoms with van der Waals surface area (Å²) < 4.78 is 27.6. The van der Waals surface area contributed by atoms with Crippen LogP contribution in [0.3, 0.4) is 0 Å². The van der Waals surface area contributed by atoms with Gasteiger partial charge in [0.15, 0.2) is 5.03 Å². The predicted molar refractivity (Wildman–Crippen MR) is 77.4 cm³/mol. The van der Waals surface area contributed by atoms with Crippen molar-refractivity contribution < 1.29 is 8.42 Å². The largest absolute Gasteiger partial charge is 0.321 e. The Morgan fingerprint density at radius 1 is 1.50 bits per heavy atom. The molecule has 0 radical (unpaired) electrons. The second kappa shape index (κ2) is 6.04. The first-order valence-electron chi connectivity index (χ1n) is 6.56. The van der Waals surface area contributed by atoms with Gasteiger partial charge in [-0.05, 0) is 38.1 Å². The van der Waals surface area contributed by atoms with Gasteiger partial charge in [-0.2, -0.15) is 0 Å². The first-order valence-corrected chi connectivity index (χ1v) is 8.05. The van der Waals surface area contributed by atoms with Crippen LogP contribution in [0, 0.1) is 5.92 Å². The zero-order chi connectivity index (χ0) is 14.8. The van der Waals surface area contributed by atoms with E-state index in [2.05, 4.69) is 20.0 Å². The monoisotopic (exact) mass is 299 g/mol. The maximum absolute atomic E-state index is 12.4. The van der Waals surface area contributed by atoms with Gasteiger partial charge in [0.2, 0.25) is 0 Å². The van der Waals surface area contributed by atoms with E-state index in [4.69, 9.17) is 5.84 Å². The van der Waals surface area contributed by atoms with Crippen LogP contribution in [-0.4, -0.2) is 44.5 Å². The smallest absolute Gasteiger partial charge is 0.260 e. The number of nitrogens with two attached hydrogens (primary N) is 1. The second-order valence-corrected chi connectivity index (χ2v) is 6.89. The van der Waals surface area contributed by atoms with Crippen molar-refractivity contribution in [2.45, 2.75) is 24.4 Å². The molecule has 1 saturated heterocycles. The number of rotatable bonds is 4. The Hall–Kier alpha value is -1.22. The zero-order valence-corrected chi connectivity index (χ0v) is 12.5. The van der Waals surface area contributed by atoms with Crippen molar-refractivity contribution in [2.75, 3.05) is 25.6 Å². The van der Waals surface area contributed by atoms with Crippen molar-refractivity contribution >= 4 is 15.7 Å². The molecule has 1 aromatic rings. The fourth-order valence-corrected chi connectivity index (χ4v) is 3.98. The van der Waals surface area contributed by atoms with Gasteiger partial charge in [0.1, 0.15) is 0 Å². The van der Waals surface area contributed by atoms with E-state index in [0.717, 1.165) is 19.5 Å². The van der Waals surface area contributed by atoms with E-state index in [1.807, 2.05) is 14.0 Å². The Morgan fingerprint density at radius 2 is 2.25 bits per heavy atom. The molecule has 0 aromatic carbocycles. The third kappa shape index (κ3) is 3.26. The Balaban J connectivity index is 2.19. The lowest BCUT2D eigenvalue weighted by Crippen LogP contribution is -2.49. The van der Waals surface area contributed by atoms with E-state index in [-0.39, 0.29) is 17.0 Å². The van der Waals surface area contributed by atoms with Crippen molar-refractivity contribution in [3.8, 4) is 0 Å². The molecule has 1 aliphatic heterocycles. The first kappa shape index (κ1) is 15.2. The van der Waals surface area contributed by atoms with Gasteiger partial charge in [0.25, 0.3) is 10.0 Å². The number of piperidine rings is 1. The summed E-state index contributed by atoms with van der Waals surface area (Å²) in [6.07, 6.45) is 2.22. The van der Waals surface area contributed by atoms with Crippen LogP contribution in [0.15, 0.2) is 23.4 Å². The van der Waals surface area contributed by atoms with Gasteiger partial charge in [0, 0.05) is 18.8 Å². The molecule has 1 fully saturated rings. The Bertz CT molecular complexity index is 563. The van der Waals surface area contributed by atoms with Crippen LogP contribution < -0.4 is 16.0 Å². The molecule has 0 amide bonds. The molecule has 0 aliphatic carbocycles. The minimum atomic E-state index is -3.68. The maximum Gasteiger partial charge on any atom is 0.260 e. The number of nitrogens with one attached hydrogen (secondary N) is 2. The van der Waals surface area contributed by atoms with Gasteiger partial charge in [-0.15, -0.1) is 0 Å². The highest BCUT2D eigenvalue weighted by atomic mass is 32.2. The minimum absolute atomic E-state index is 0.0615. The van der Waals surface area contributed by atoms with E-state index < -0.39 is 10.0 Å². The van der Waals surface area contributed by atoms with Gasteiger partial charge in [0.05, 0.1) is 5.69 Å². The summed E-state index contributed by atoms with van der Waals surface area (Å²) in [5, 5.41) is -0.0615. The van der Waals surface area contributed by atoms with Crippen molar-refractivity contribution in [3.05, 3.63) is 18.3 Å². The van der Waals surface area contributed by atoms with Crippen molar-refractivity contribution in [1.29, 1.82) is 0 Å². The highest BCUT2D eigenvalue weighted by Gasteiger charge is 2.30. The van der Waals surface area contributed by atoms with Crippen LogP contribution in [0.1, 0.15) is 13.3 Å². The number of likely N-dealkylation sites (tertiary alicyclic amines) is 1. The third-order valence-corrected chi connectivity index (χ3v) is 5.04. The number of anilines is 1. The molecule has 2 unspecified atom stereocenters. The van der Waals surface area contributed by atoms with Crippen LogP contribution in [0.4, 0.5) is 5.69 Å². The van der Waals surface area contributed by atoms with Crippen LogP contribution in [-0.2, 0) is 10.0 Å². The molecule has 1 aliphatic rings. The lowest BCUT2D eigenvalue weighted by atomic mass is 9.95. The molecular formula is C12H21N5O2S. The number of hydrogen-bond acceptors (Lipinski definition) is 6. The molecule has 2 heterocycles. The van der Waals surface area contributed by atoms with Crippen LogP contribution >= 0.6 is 0 Å². The highest BCUT2D eigenvalue weighted by molar-refractivity contribution is 7.89. The molecule has 7 nitrogen and oxygen atoms in total. The zero-order valence-electron chi connectivity index (χ0n) is 11.7. The SMILES string of the molecule is CC1CN(C)CCC1NS(=O)(=O)c1ncccc1NN. The van der Waals surface area contributed by atoms with E-state index >= 15 is 0 Å². The molecule has 112 valence electrons. The van der Waals surface area contributed by atoms with Gasteiger partial charge in [-0.3, -0.25) is 5.84 Å². The first-order chi connectivity index (χ1) is 9.44. The van der Waals surface area contributed by atoms with E-state index in [1.165, 1.54) is 6.20 Å². The summed E-state index contributed by atoms with van der Waals surface area (Å²) in [5.74, 6) is 5.59. The number of sulfonamides is 1. The number of nitrogen functional groups attached to an aromatic ring is 1. The molecule has 8 heteroatoms. The summed E-state index contributed by atoms with van der Waals surface area (Å²) in [6, 6.07) is 3.13. The highest BCUT2D eigenvalue weighted by Crippen LogP contribution is 2.21. The molecule has 2 atom stereocenters. The molecule has 0 saturated carbocycles. The summed E-state index contributed by atoms with van der Waals surface area (Å²) in [5.41, 5.74) is 2.66. The summed E-state index contributed by atoms with van der Waals surface area (Å²) >= 11 is 0. The van der Waals surface area contributed by atoms with E-state index in [0.29, 0.717) is 5.69 Å². The van der Waals surface area contributed by atoms with Crippen LogP contribution in [0.5, 0.6) is 0 Å². The Morgan fingerprint density at radius 3 is 2.90 bits per heavy atom. The van der Waals surface area contributed by atoms with E-state index in [1.54, 1.807) is 12.1 Å². The minimum Gasteiger partial charge on any atom is -0.321 e. The van der Waals surface area contributed by atoms with Crippen LogP contribution in [0.25, 0.3) is 0 Å². The molecule has 2 rings (SSSR count). The summed E-state index contributed by atoms with van der Waals surface area (Å²) in [6.45, 7) is 3.79. The predicted octanol–water partition coefficient (Wildman–Crippen LogP) is -0.0143. The average Bonchev–Trinajstić information content (AvgIpc) is 2.42. The average molecular weight is 299 g/mol. The molecule has 0 spiro atoms. The van der Waals surface area contributed by atoms with Gasteiger partial charge < -0.3 is 10.3 Å².